The number of hydrogen-bond acceptors (Lipinski definition) is 5. The lowest BCUT2D eigenvalue weighted by atomic mass is 9.96. The van der Waals surface area contributed by atoms with Crippen molar-refractivity contribution in [3.8, 4) is 11.3 Å². The Balaban J connectivity index is 1.34. The average molecular weight is 412 g/mol. The number of carbonyl (C=O) groups excluding carboxylic acids is 1. The molecule has 2 aromatic heterocycles. The van der Waals surface area contributed by atoms with E-state index < -0.39 is 5.91 Å². The molecule has 1 atom stereocenters. The van der Waals surface area contributed by atoms with Gasteiger partial charge in [-0.3, -0.25) is 14.7 Å². The number of piperidine rings is 1. The third kappa shape index (κ3) is 4.04. The maximum Gasteiger partial charge on any atom is 0.269 e. The zero-order valence-electron chi connectivity index (χ0n) is 17.2. The molecule has 1 saturated heterocycles. The maximum atomic E-state index is 11.7. The van der Waals surface area contributed by atoms with Crippen molar-refractivity contribution >= 4 is 16.9 Å². The molecule has 0 spiro atoms. The van der Waals surface area contributed by atoms with E-state index in [9.17, 15) is 4.79 Å². The summed E-state index contributed by atoms with van der Waals surface area (Å²) < 4.78 is 0. The quantitative estimate of drug-likeness (QED) is 0.522. The number of imidazole rings is 1. The predicted octanol–water partition coefficient (Wildman–Crippen LogP) is 3.50. The van der Waals surface area contributed by atoms with Crippen LogP contribution in [-0.2, 0) is 6.54 Å². The van der Waals surface area contributed by atoms with Gasteiger partial charge in [0.05, 0.1) is 11.0 Å². The van der Waals surface area contributed by atoms with Crippen LogP contribution in [0.5, 0.6) is 0 Å². The number of primary amides is 1. The Hall–Kier alpha value is -3.58. The number of nitrogens with one attached hydrogen (secondary N) is 1. The molecular formula is C24H24N6O. The van der Waals surface area contributed by atoms with Crippen LogP contribution < -0.4 is 5.73 Å². The molecule has 1 aliphatic rings. The molecule has 7 nitrogen and oxygen atoms in total. The van der Waals surface area contributed by atoms with Crippen LogP contribution in [0, 0.1) is 0 Å². The third-order valence-corrected chi connectivity index (χ3v) is 5.84. The summed E-state index contributed by atoms with van der Waals surface area (Å²) >= 11 is 0. The van der Waals surface area contributed by atoms with Crippen LogP contribution in [0.25, 0.3) is 22.3 Å². The van der Waals surface area contributed by atoms with Gasteiger partial charge in [-0.15, -0.1) is 0 Å². The Morgan fingerprint density at radius 2 is 2.00 bits per heavy atom. The van der Waals surface area contributed by atoms with E-state index in [4.69, 9.17) is 10.7 Å². The first kappa shape index (κ1) is 19.4. The number of nitrogens with two attached hydrogens (primary N) is 1. The van der Waals surface area contributed by atoms with Crippen LogP contribution in [0.1, 0.15) is 40.6 Å². The molecule has 156 valence electrons. The van der Waals surface area contributed by atoms with Crippen LogP contribution in [0.15, 0.2) is 60.9 Å². The molecule has 3 N–H and O–H groups in total. The highest BCUT2D eigenvalue weighted by atomic mass is 16.1. The highest BCUT2D eigenvalue weighted by Crippen LogP contribution is 2.28. The molecule has 4 aromatic rings. The van der Waals surface area contributed by atoms with E-state index in [1.54, 1.807) is 6.20 Å². The van der Waals surface area contributed by atoms with Crippen LogP contribution in [0.4, 0.5) is 0 Å². The average Bonchev–Trinajstić information content (AvgIpc) is 3.24. The normalized spacial score (nSPS) is 17.1. The summed E-state index contributed by atoms with van der Waals surface area (Å²) in [7, 11) is 0. The predicted molar refractivity (Wildman–Crippen MR) is 119 cm³/mol. The maximum absolute atomic E-state index is 11.7. The third-order valence-electron chi connectivity index (χ3n) is 5.84. The smallest absolute Gasteiger partial charge is 0.269 e. The number of fused-ring (bicyclic) bond motifs is 1. The first-order valence-corrected chi connectivity index (χ1v) is 10.5. The summed E-state index contributed by atoms with van der Waals surface area (Å²) in [6, 6.07) is 16.3. The Labute approximate surface area is 180 Å². The van der Waals surface area contributed by atoms with Gasteiger partial charge in [0.1, 0.15) is 11.5 Å². The molecule has 1 aliphatic heterocycles. The van der Waals surface area contributed by atoms with Gasteiger partial charge in [-0.25, -0.2) is 9.97 Å². The van der Waals surface area contributed by atoms with Crippen LogP contribution in [0.3, 0.4) is 0 Å². The van der Waals surface area contributed by atoms with E-state index in [1.165, 1.54) is 11.8 Å². The van der Waals surface area contributed by atoms with Crippen molar-refractivity contribution in [3.63, 3.8) is 0 Å². The molecule has 1 amide bonds. The van der Waals surface area contributed by atoms with Crippen molar-refractivity contribution in [2.24, 2.45) is 5.73 Å². The first-order chi connectivity index (χ1) is 15.2. The van der Waals surface area contributed by atoms with Gasteiger partial charge >= 0.3 is 0 Å². The summed E-state index contributed by atoms with van der Waals surface area (Å²) in [6.07, 6.45) is 5.34. The lowest BCUT2D eigenvalue weighted by molar-refractivity contribution is 0.0996. The Bertz CT molecular complexity index is 1200. The number of rotatable bonds is 5. The molecule has 1 fully saturated rings. The van der Waals surface area contributed by atoms with Gasteiger partial charge < -0.3 is 10.7 Å². The number of amides is 1. The van der Waals surface area contributed by atoms with Gasteiger partial charge in [-0.1, -0.05) is 30.3 Å². The first-order valence-electron chi connectivity index (χ1n) is 10.5. The monoisotopic (exact) mass is 412 g/mol. The molecular weight excluding hydrogens is 388 g/mol. The Kier molecular flexibility index (Phi) is 5.18. The molecule has 0 radical (unpaired) electrons. The van der Waals surface area contributed by atoms with Crippen molar-refractivity contribution < 1.29 is 4.79 Å². The Morgan fingerprint density at radius 1 is 1.13 bits per heavy atom. The van der Waals surface area contributed by atoms with Crippen LogP contribution in [-0.4, -0.2) is 43.8 Å². The minimum absolute atomic E-state index is 0.197. The van der Waals surface area contributed by atoms with Crippen molar-refractivity contribution in [1.82, 2.24) is 24.8 Å². The van der Waals surface area contributed by atoms with E-state index in [0.29, 0.717) is 11.6 Å². The standard InChI is InChI=1S/C24H24N6O/c25-23(31)22-21(26-10-11-27-22)17-6-3-5-16(13-17)14-30-12-4-7-18(15-30)24-28-19-8-1-2-9-20(19)29-24/h1-3,5-6,8-11,13,18H,4,7,12,14-15H2,(H2,25,31)(H,28,29). The number of likely N-dealkylation sites (tertiary alicyclic amines) is 1. The lowest BCUT2D eigenvalue weighted by Crippen LogP contribution is -2.34. The zero-order chi connectivity index (χ0) is 21.2. The molecule has 0 bridgehead atoms. The molecule has 7 heteroatoms. The molecule has 5 rings (SSSR count). The number of nitrogens with zero attached hydrogens (tertiary/aromatic N) is 4. The fraction of sp³-hybridized carbons (Fsp3) is 0.250. The summed E-state index contributed by atoms with van der Waals surface area (Å²) in [5.41, 5.74) is 10.3. The number of benzene rings is 2. The highest BCUT2D eigenvalue weighted by molar-refractivity contribution is 5.96. The summed E-state index contributed by atoms with van der Waals surface area (Å²) in [5.74, 6) is 0.898. The van der Waals surface area contributed by atoms with Crippen molar-refractivity contribution in [2.45, 2.75) is 25.3 Å². The lowest BCUT2D eigenvalue weighted by Gasteiger charge is -2.31. The van der Waals surface area contributed by atoms with Gasteiger partial charge in [-0.05, 0) is 43.1 Å². The topological polar surface area (TPSA) is 101 Å². The highest BCUT2D eigenvalue weighted by Gasteiger charge is 2.24. The summed E-state index contributed by atoms with van der Waals surface area (Å²) in [4.78, 5) is 31.0. The van der Waals surface area contributed by atoms with E-state index in [0.717, 1.165) is 54.9 Å². The second-order valence-corrected chi connectivity index (χ2v) is 8.03. The van der Waals surface area contributed by atoms with Gasteiger partial charge in [0, 0.05) is 37.0 Å². The number of aromatic nitrogens is 4. The second kappa shape index (κ2) is 8.28. The fourth-order valence-corrected chi connectivity index (χ4v) is 4.39. The molecule has 1 unspecified atom stereocenters. The number of hydrogen-bond donors (Lipinski definition) is 2. The van der Waals surface area contributed by atoms with Crippen LogP contribution >= 0.6 is 0 Å². The van der Waals surface area contributed by atoms with Gasteiger partial charge in [0.25, 0.3) is 5.91 Å². The summed E-state index contributed by atoms with van der Waals surface area (Å²) in [5, 5.41) is 0. The fourth-order valence-electron chi connectivity index (χ4n) is 4.39. The van der Waals surface area contributed by atoms with E-state index in [2.05, 4.69) is 38.1 Å². The minimum Gasteiger partial charge on any atom is -0.364 e. The van der Waals surface area contributed by atoms with E-state index in [-0.39, 0.29) is 5.69 Å². The number of carbonyl (C=O) groups is 1. The van der Waals surface area contributed by atoms with Gasteiger partial charge in [0.2, 0.25) is 0 Å². The zero-order valence-corrected chi connectivity index (χ0v) is 17.2. The largest absolute Gasteiger partial charge is 0.364 e. The van der Waals surface area contributed by atoms with E-state index in [1.807, 2.05) is 30.3 Å². The number of para-hydroxylation sites is 2. The van der Waals surface area contributed by atoms with Gasteiger partial charge in [-0.2, -0.15) is 0 Å². The van der Waals surface area contributed by atoms with Crippen LogP contribution in [0.2, 0.25) is 0 Å². The van der Waals surface area contributed by atoms with Crippen molar-refractivity contribution in [1.29, 1.82) is 0 Å². The van der Waals surface area contributed by atoms with Gasteiger partial charge in [0.15, 0.2) is 5.69 Å². The Morgan fingerprint density at radius 3 is 2.87 bits per heavy atom. The number of H-pyrrole nitrogens is 1. The molecule has 0 aliphatic carbocycles. The number of aromatic amines is 1. The van der Waals surface area contributed by atoms with E-state index >= 15 is 0 Å². The SMILES string of the molecule is NC(=O)c1nccnc1-c1cccc(CN2CCCC(c3nc4ccccc4[nH]3)C2)c1. The van der Waals surface area contributed by atoms with Crippen molar-refractivity contribution in [2.75, 3.05) is 13.1 Å². The summed E-state index contributed by atoms with van der Waals surface area (Å²) in [6.45, 7) is 2.84. The molecule has 2 aromatic carbocycles. The molecule has 0 saturated carbocycles. The minimum atomic E-state index is -0.571. The second-order valence-electron chi connectivity index (χ2n) is 8.03. The molecule has 3 heterocycles. The van der Waals surface area contributed by atoms with Crippen molar-refractivity contribution in [3.05, 3.63) is 78.0 Å². The molecule has 31 heavy (non-hydrogen) atoms.